The summed E-state index contributed by atoms with van der Waals surface area (Å²) in [6, 6.07) is 7.41. The minimum atomic E-state index is 0.616. The average Bonchev–Trinajstić information content (AvgIpc) is 2.76. The normalized spacial score (nSPS) is 10.8. The van der Waals surface area contributed by atoms with Gasteiger partial charge in [0.1, 0.15) is 0 Å². The topological polar surface area (TPSA) is 69.1 Å². The van der Waals surface area contributed by atoms with Gasteiger partial charge in [0.15, 0.2) is 11.5 Å². The van der Waals surface area contributed by atoms with E-state index in [0.29, 0.717) is 17.2 Å². The fourth-order valence-electron chi connectivity index (χ4n) is 1.54. The van der Waals surface area contributed by atoms with Gasteiger partial charge in [-0.25, -0.2) is 9.50 Å². The van der Waals surface area contributed by atoms with E-state index in [2.05, 4.69) is 15.1 Å². The molecule has 2 N–H and O–H groups in total. The Bertz CT molecular complexity index is 629. The largest absolute Gasteiger partial charge is 0.396 e. The predicted octanol–water partition coefficient (Wildman–Crippen LogP) is 1.37. The molecule has 3 rings (SSSR count). The Hall–Kier alpha value is -2.43. The summed E-state index contributed by atoms with van der Waals surface area (Å²) in [5.41, 5.74) is 7.97. The molecule has 3 aromatic rings. The quantitative estimate of drug-likeness (QED) is 0.660. The molecule has 3 aromatic heterocycles. The second-order valence-electron chi connectivity index (χ2n) is 3.41. The third kappa shape index (κ3) is 1.30. The van der Waals surface area contributed by atoms with Crippen molar-refractivity contribution >= 4 is 11.3 Å². The van der Waals surface area contributed by atoms with Crippen LogP contribution < -0.4 is 5.73 Å². The second kappa shape index (κ2) is 3.30. The smallest absolute Gasteiger partial charge is 0.183 e. The summed E-state index contributed by atoms with van der Waals surface area (Å²) in [6.45, 7) is 0. The van der Waals surface area contributed by atoms with Crippen LogP contribution in [0.4, 0.5) is 5.69 Å². The number of aromatic nitrogens is 4. The van der Waals surface area contributed by atoms with Crippen molar-refractivity contribution in [3.05, 3.63) is 42.9 Å². The molecular formula is C11H9N5. The van der Waals surface area contributed by atoms with Gasteiger partial charge in [-0.05, 0) is 24.3 Å². The fourth-order valence-corrected chi connectivity index (χ4v) is 1.54. The number of nitrogens with zero attached hydrogens (tertiary/aromatic N) is 4. The zero-order chi connectivity index (χ0) is 11.0. The minimum Gasteiger partial charge on any atom is -0.396 e. The number of hydrogen-bond acceptors (Lipinski definition) is 4. The lowest BCUT2D eigenvalue weighted by atomic mass is 10.3. The monoisotopic (exact) mass is 211 g/mol. The molecule has 0 fully saturated rings. The van der Waals surface area contributed by atoms with Crippen LogP contribution in [-0.2, 0) is 0 Å². The van der Waals surface area contributed by atoms with Crippen LogP contribution in [0.1, 0.15) is 0 Å². The first-order valence-corrected chi connectivity index (χ1v) is 4.86. The highest BCUT2D eigenvalue weighted by Crippen LogP contribution is 2.17. The van der Waals surface area contributed by atoms with Crippen LogP contribution in [0.15, 0.2) is 42.9 Å². The highest BCUT2D eigenvalue weighted by Gasteiger charge is 2.07. The molecule has 0 aliphatic heterocycles. The summed E-state index contributed by atoms with van der Waals surface area (Å²) < 4.78 is 1.66. The van der Waals surface area contributed by atoms with E-state index in [9.17, 15) is 0 Å². The van der Waals surface area contributed by atoms with Crippen LogP contribution in [0.25, 0.3) is 17.0 Å². The highest BCUT2D eigenvalue weighted by molar-refractivity contribution is 5.67. The molecule has 0 aliphatic rings. The molecule has 0 radical (unpaired) electrons. The Morgan fingerprint density at radius 3 is 2.88 bits per heavy atom. The summed E-state index contributed by atoms with van der Waals surface area (Å²) in [7, 11) is 0. The lowest BCUT2D eigenvalue weighted by molar-refractivity contribution is 0.966. The van der Waals surface area contributed by atoms with Gasteiger partial charge in [0.2, 0.25) is 0 Å². The van der Waals surface area contributed by atoms with E-state index >= 15 is 0 Å². The Labute approximate surface area is 91.6 Å². The van der Waals surface area contributed by atoms with Crippen LogP contribution in [0.3, 0.4) is 0 Å². The number of nitrogen functional groups attached to an aromatic ring is 1. The molecule has 16 heavy (non-hydrogen) atoms. The van der Waals surface area contributed by atoms with Gasteiger partial charge in [-0.1, -0.05) is 0 Å². The summed E-state index contributed by atoms with van der Waals surface area (Å²) >= 11 is 0. The van der Waals surface area contributed by atoms with Crippen molar-refractivity contribution in [1.29, 1.82) is 0 Å². The van der Waals surface area contributed by atoms with Gasteiger partial charge in [-0.3, -0.25) is 4.98 Å². The SMILES string of the molecule is Nc1cccn2nc(-c3cccnc3)nc12. The zero-order valence-corrected chi connectivity index (χ0v) is 8.41. The van der Waals surface area contributed by atoms with Crippen molar-refractivity contribution in [2.45, 2.75) is 0 Å². The Kier molecular flexibility index (Phi) is 1.83. The number of fused-ring (bicyclic) bond motifs is 1. The lowest BCUT2D eigenvalue weighted by Crippen LogP contribution is -1.92. The van der Waals surface area contributed by atoms with Crippen molar-refractivity contribution < 1.29 is 0 Å². The van der Waals surface area contributed by atoms with Crippen molar-refractivity contribution in [1.82, 2.24) is 19.6 Å². The third-order valence-electron chi connectivity index (χ3n) is 2.31. The van der Waals surface area contributed by atoms with Crippen LogP contribution in [0.5, 0.6) is 0 Å². The molecule has 0 amide bonds. The number of pyridine rings is 2. The summed E-state index contributed by atoms with van der Waals surface area (Å²) in [6.07, 6.45) is 5.26. The molecule has 0 unspecified atom stereocenters. The molecular weight excluding hydrogens is 202 g/mol. The van der Waals surface area contributed by atoms with Gasteiger partial charge >= 0.3 is 0 Å². The van der Waals surface area contributed by atoms with Gasteiger partial charge in [0.25, 0.3) is 0 Å². The molecule has 0 saturated heterocycles. The predicted molar refractivity (Wildman–Crippen MR) is 60.6 cm³/mol. The first kappa shape index (κ1) is 8.84. The van der Waals surface area contributed by atoms with Crippen LogP contribution in [0.2, 0.25) is 0 Å². The molecule has 0 aromatic carbocycles. The van der Waals surface area contributed by atoms with Gasteiger partial charge in [0, 0.05) is 24.2 Å². The van der Waals surface area contributed by atoms with Gasteiger partial charge in [-0.2, -0.15) is 0 Å². The van der Waals surface area contributed by atoms with E-state index in [1.807, 2.05) is 24.4 Å². The maximum atomic E-state index is 5.81. The maximum absolute atomic E-state index is 5.81. The summed E-state index contributed by atoms with van der Waals surface area (Å²) in [5, 5.41) is 4.33. The number of anilines is 1. The molecule has 0 aliphatic carbocycles. The maximum Gasteiger partial charge on any atom is 0.183 e. The summed E-state index contributed by atoms with van der Waals surface area (Å²) in [4.78, 5) is 8.40. The minimum absolute atomic E-state index is 0.616. The van der Waals surface area contributed by atoms with E-state index in [0.717, 1.165) is 5.56 Å². The lowest BCUT2D eigenvalue weighted by Gasteiger charge is -1.92. The third-order valence-corrected chi connectivity index (χ3v) is 2.31. The molecule has 5 heteroatoms. The summed E-state index contributed by atoms with van der Waals surface area (Å²) in [5.74, 6) is 0.631. The Morgan fingerprint density at radius 1 is 1.19 bits per heavy atom. The highest BCUT2D eigenvalue weighted by atomic mass is 15.3. The molecule has 0 bridgehead atoms. The molecule has 0 atom stereocenters. The van der Waals surface area contributed by atoms with Crippen LogP contribution in [0, 0.1) is 0 Å². The number of nitrogens with two attached hydrogens (primary N) is 1. The molecule has 5 nitrogen and oxygen atoms in total. The van der Waals surface area contributed by atoms with Gasteiger partial charge in [0.05, 0.1) is 5.69 Å². The zero-order valence-electron chi connectivity index (χ0n) is 8.41. The van der Waals surface area contributed by atoms with Crippen molar-refractivity contribution in [2.75, 3.05) is 5.73 Å². The van der Waals surface area contributed by atoms with E-state index in [4.69, 9.17) is 5.73 Å². The molecule has 0 saturated carbocycles. The van der Waals surface area contributed by atoms with Crippen LogP contribution in [-0.4, -0.2) is 19.6 Å². The first-order valence-electron chi connectivity index (χ1n) is 4.86. The molecule has 0 spiro atoms. The van der Waals surface area contributed by atoms with E-state index < -0.39 is 0 Å². The van der Waals surface area contributed by atoms with Gasteiger partial charge in [-0.15, -0.1) is 5.10 Å². The van der Waals surface area contributed by atoms with E-state index in [-0.39, 0.29) is 0 Å². The Morgan fingerprint density at radius 2 is 2.12 bits per heavy atom. The first-order chi connectivity index (χ1) is 7.84. The van der Waals surface area contributed by atoms with Gasteiger partial charge < -0.3 is 5.73 Å². The van der Waals surface area contributed by atoms with Crippen molar-refractivity contribution in [2.24, 2.45) is 0 Å². The second-order valence-corrected chi connectivity index (χ2v) is 3.41. The van der Waals surface area contributed by atoms with E-state index in [1.54, 1.807) is 23.0 Å². The number of rotatable bonds is 1. The average molecular weight is 211 g/mol. The van der Waals surface area contributed by atoms with E-state index in [1.165, 1.54) is 0 Å². The molecule has 3 heterocycles. The van der Waals surface area contributed by atoms with Crippen LogP contribution >= 0.6 is 0 Å². The van der Waals surface area contributed by atoms with Crippen molar-refractivity contribution in [3.8, 4) is 11.4 Å². The Balaban J connectivity index is 2.23. The number of hydrogen-bond donors (Lipinski definition) is 1. The fraction of sp³-hybridized carbons (Fsp3) is 0. The van der Waals surface area contributed by atoms with Crippen molar-refractivity contribution in [3.63, 3.8) is 0 Å². The standard InChI is InChI=1S/C11H9N5/c12-9-4-2-6-16-11(9)14-10(15-16)8-3-1-5-13-7-8/h1-7H,12H2. The molecule has 78 valence electrons.